The Labute approximate surface area is 178 Å². The summed E-state index contributed by atoms with van der Waals surface area (Å²) in [4.78, 5) is 16.7. The molecule has 0 saturated heterocycles. The van der Waals surface area contributed by atoms with Crippen molar-refractivity contribution >= 4 is 38.9 Å². The van der Waals surface area contributed by atoms with Crippen LogP contribution in [0.2, 0.25) is 5.02 Å². The van der Waals surface area contributed by atoms with Gasteiger partial charge in [0, 0.05) is 16.8 Å². The molecule has 0 radical (unpaired) electrons. The quantitative estimate of drug-likeness (QED) is 0.551. The molecule has 2 aromatic carbocycles. The van der Waals surface area contributed by atoms with Crippen molar-refractivity contribution in [2.75, 3.05) is 0 Å². The van der Waals surface area contributed by atoms with Gasteiger partial charge in [-0.15, -0.1) is 11.3 Å². The number of rotatable bonds is 7. The summed E-state index contributed by atoms with van der Waals surface area (Å²) in [5.41, 5.74) is 1.77. The van der Waals surface area contributed by atoms with Gasteiger partial charge in [0.1, 0.15) is 11.0 Å². The summed E-state index contributed by atoms with van der Waals surface area (Å²) >= 11 is 7.40. The second-order valence-corrected chi connectivity index (χ2v) is 9.92. The molecule has 1 unspecified atom stereocenters. The van der Waals surface area contributed by atoms with Crippen molar-refractivity contribution in [3.8, 4) is 21.0 Å². The molecular formula is C20H19ClN2O4S2. The molecule has 29 heavy (non-hydrogen) atoms. The van der Waals surface area contributed by atoms with Crippen LogP contribution in [0, 0.1) is 5.92 Å². The topological polar surface area (TPSA) is 96.4 Å². The molecule has 1 aromatic heterocycles. The van der Waals surface area contributed by atoms with Crippen LogP contribution < -0.4 is 4.72 Å². The number of carboxylic acid groups (broad SMARTS) is 1. The van der Waals surface area contributed by atoms with Crippen LogP contribution in [0.5, 0.6) is 0 Å². The van der Waals surface area contributed by atoms with Crippen LogP contribution in [0.15, 0.2) is 59.6 Å². The van der Waals surface area contributed by atoms with Gasteiger partial charge < -0.3 is 5.11 Å². The van der Waals surface area contributed by atoms with Crippen LogP contribution in [0.25, 0.3) is 21.0 Å². The number of sulfonamides is 1. The summed E-state index contributed by atoms with van der Waals surface area (Å²) in [5.74, 6) is -1.60. The Bertz CT molecular complexity index is 1110. The molecule has 0 fully saturated rings. The Morgan fingerprint density at radius 2 is 1.66 bits per heavy atom. The van der Waals surface area contributed by atoms with Gasteiger partial charge in [0.15, 0.2) is 0 Å². The standard InChI is InChI=1S/C20H19ClN2O4S2/c1-12(2)18(20(24)25)23-29(26,27)16-9-5-14(6-10-16)19-22-11-17(28-19)13-3-7-15(21)8-4-13/h3-12,18,23H,1-2H3,(H,24,25). The number of benzene rings is 2. The molecule has 0 saturated carbocycles. The van der Waals surface area contributed by atoms with Gasteiger partial charge in [-0.2, -0.15) is 4.72 Å². The number of halogens is 1. The number of aromatic nitrogens is 1. The van der Waals surface area contributed by atoms with E-state index in [0.29, 0.717) is 5.02 Å². The molecular weight excluding hydrogens is 432 g/mol. The zero-order valence-corrected chi connectivity index (χ0v) is 18.1. The van der Waals surface area contributed by atoms with Crippen molar-refractivity contribution in [3.63, 3.8) is 0 Å². The van der Waals surface area contributed by atoms with Crippen molar-refractivity contribution in [2.45, 2.75) is 24.8 Å². The van der Waals surface area contributed by atoms with E-state index in [1.807, 2.05) is 24.3 Å². The van der Waals surface area contributed by atoms with Gasteiger partial charge in [-0.05, 0) is 35.7 Å². The van der Waals surface area contributed by atoms with E-state index in [4.69, 9.17) is 11.6 Å². The molecule has 0 bridgehead atoms. The van der Waals surface area contributed by atoms with Crippen LogP contribution in [0.4, 0.5) is 0 Å². The van der Waals surface area contributed by atoms with E-state index < -0.39 is 22.0 Å². The molecule has 0 aliphatic heterocycles. The summed E-state index contributed by atoms with van der Waals surface area (Å²) < 4.78 is 27.3. The molecule has 2 N–H and O–H groups in total. The fraction of sp³-hybridized carbons (Fsp3) is 0.200. The SMILES string of the molecule is CC(C)C(NS(=O)(=O)c1ccc(-c2ncc(-c3ccc(Cl)cc3)s2)cc1)C(=O)O. The van der Waals surface area contributed by atoms with Gasteiger partial charge in [-0.3, -0.25) is 4.79 Å². The summed E-state index contributed by atoms with van der Waals surface area (Å²) in [6, 6.07) is 12.5. The maximum atomic E-state index is 12.5. The molecule has 0 spiro atoms. The predicted molar refractivity (Wildman–Crippen MR) is 115 cm³/mol. The molecule has 1 atom stereocenters. The number of aliphatic carboxylic acids is 1. The predicted octanol–water partition coefficient (Wildman–Crippen LogP) is 4.52. The Kier molecular flexibility index (Phi) is 6.38. The summed E-state index contributed by atoms with van der Waals surface area (Å²) in [7, 11) is -3.95. The van der Waals surface area contributed by atoms with Crippen molar-refractivity contribution in [3.05, 3.63) is 59.8 Å². The number of carbonyl (C=O) groups is 1. The fourth-order valence-corrected chi connectivity index (χ4v) is 5.03. The first-order valence-corrected chi connectivity index (χ1v) is 11.4. The van der Waals surface area contributed by atoms with Crippen LogP contribution in [-0.4, -0.2) is 30.5 Å². The summed E-state index contributed by atoms with van der Waals surface area (Å²) in [6.07, 6.45) is 1.76. The number of hydrogen-bond donors (Lipinski definition) is 2. The van der Waals surface area contributed by atoms with E-state index in [9.17, 15) is 18.3 Å². The lowest BCUT2D eigenvalue weighted by molar-refractivity contribution is -0.140. The Hall–Kier alpha value is -2.26. The second kappa shape index (κ2) is 8.62. The van der Waals surface area contributed by atoms with E-state index in [0.717, 1.165) is 21.0 Å². The maximum absolute atomic E-state index is 12.5. The third-order valence-electron chi connectivity index (χ3n) is 4.26. The minimum absolute atomic E-state index is 0.00244. The van der Waals surface area contributed by atoms with E-state index in [2.05, 4.69) is 9.71 Å². The Morgan fingerprint density at radius 1 is 1.07 bits per heavy atom. The first-order chi connectivity index (χ1) is 13.7. The zero-order chi connectivity index (χ0) is 21.2. The van der Waals surface area contributed by atoms with Gasteiger partial charge in [-0.1, -0.05) is 49.7 Å². The average Bonchev–Trinajstić information content (AvgIpc) is 3.16. The molecule has 3 rings (SSSR count). The molecule has 0 amide bonds. The van der Waals surface area contributed by atoms with Gasteiger partial charge in [-0.25, -0.2) is 13.4 Å². The largest absolute Gasteiger partial charge is 0.480 e. The highest BCUT2D eigenvalue weighted by molar-refractivity contribution is 7.89. The number of nitrogens with zero attached hydrogens (tertiary/aromatic N) is 1. The first kappa shape index (κ1) is 21.4. The molecule has 0 aliphatic carbocycles. The molecule has 152 valence electrons. The second-order valence-electron chi connectivity index (χ2n) is 6.74. The lowest BCUT2D eigenvalue weighted by Crippen LogP contribution is -2.44. The number of nitrogens with one attached hydrogen (secondary N) is 1. The van der Waals surface area contributed by atoms with Gasteiger partial charge in [0.25, 0.3) is 0 Å². The average molecular weight is 451 g/mol. The van der Waals surface area contributed by atoms with Crippen LogP contribution in [0.3, 0.4) is 0 Å². The third kappa shape index (κ3) is 5.02. The third-order valence-corrected chi connectivity index (χ3v) is 7.07. The highest BCUT2D eigenvalue weighted by atomic mass is 35.5. The molecule has 1 heterocycles. The van der Waals surface area contributed by atoms with E-state index in [1.165, 1.54) is 23.5 Å². The Balaban J connectivity index is 1.81. The van der Waals surface area contributed by atoms with Crippen LogP contribution >= 0.6 is 22.9 Å². The summed E-state index contributed by atoms with van der Waals surface area (Å²) in [5, 5.41) is 10.6. The molecule has 6 nitrogen and oxygen atoms in total. The zero-order valence-electron chi connectivity index (χ0n) is 15.7. The van der Waals surface area contributed by atoms with Crippen LogP contribution in [-0.2, 0) is 14.8 Å². The van der Waals surface area contributed by atoms with Crippen molar-refractivity contribution in [1.29, 1.82) is 0 Å². The molecule has 0 aliphatic rings. The monoisotopic (exact) mass is 450 g/mol. The lowest BCUT2D eigenvalue weighted by Gasteiger charge is -2.18. The minimum Gasteiger partial charge on any atom is -0.480 e. The number of hydrogen-bond acceptors (Lipinski definition) is 5. The van der Waals surface area contributed by atoms with Crippen LogP contribution in [0.1, 0.15) is 13.8 Å². The fourth-order valence-electron chi connectivity index (χ4n) is 2.64. The number of thiazole rings is 1. The van der Waals surface area contributed by atoms with Gasteiger partial charge in [0.05, 0.1) is 9.77 Å². The molecule has 9 heteroatoms. The van der Waals surface area contributed by atoms with Crippen molar-refractivity contribution in [2.24, 2.45) is 5.92 Å². The normalized spacial score (nSPS) is 12.8. The van der Waals surface area contributed by atoms with Gasteiger partial charge >= 0.3 is 5.97 Å². The van der Waals surface area contributed by atoms with Crippen molar-refractivity contribution in [1.82, 2.24) is 9.71 Å². The maximum Gasteiger partial charge on any atom is 0.322 e. The van der Waals surface area contributed by atoms with Gasteiger partial charge in [0.2, 0.25) is 10.0 Å². The smallest absolute Gasteiger partial charge is 0.322 e. The van der Waals surface area contributed by atoms with E-state index in [1.54, 1.807) is 32.2 Å². The van der Waals surface area contributed by atoms with Crippen molar-refractivity contribution < 1.29 is 18.3 Å². The minimum atomic E-state index is -3.95. The molecule has 3 aromatic rings. The van der Waals surface area contributed by atoms with E-state index >= 15 is 0 Å². The Morgan fingerprint density at radius 3 is 2.21 bits per heavy atom. The number of carboxylic acids is 1. The van der Waals surface area contributed by atoms with E-state index in [-0.39, 0.29) is 10.8 Å². The highest BCUT2D eigenvalue weighted by Gasteiger charge is 2.28. The lowest BCUT2D eigenvalue weighted by atomic mass is 10.1. The first-order valence-electron chi connectivity index (χ1n) is 8.75. The summed E-state index contributed by atoms with van der Waals surface area (Å²) in [6.45, 7) is 3.29. The highest BCUT2D eigenvalue weighted by Crippen LogP contribution is 2.33.